The fraction of sp³-hybridized carbons (Fsp3) is 0.471. The van der Waals surface area contributed by atoms with Gasteiger partial charge < -0.3 is 5.11 Å². The monoisotopic (exact) mass is 272 g/mol. The number of hydrogen-bond acceptors (Lipinski definition) is 2. The van der Waals surface area contributed by atoms with Gasteiger partial charge in [-0.05, 0) is 23.5 Å². The first kappa shape index (κ1) is 14.8. The Labute approximate surface area is 121 Å². The van der Waals surface area contributed by atoms with Gasteiger partial charge in [-0.15, -0.1) is 0 Å². The van der Waals surface area contributed by atoms with Crippen LogP contribution in [-0.4, -0.2) is 14.9 Å². The van der Waals surface area contributed by atoms with Crippen LogP contribution in [0, 0.1) is 0 Å². The number of aliphatic hydroxyl groups is 1. The first-order valence-electron chi connectivity index (χ1n) is 7.30. The van der Waals surface area contributed by atoms with Gasteiger partial charge in [0.2, 0.25) is 0 Å². The average Bonchev–Trinajstić information content (AvgIpc) is 2.80. The second-order valence-corrected chi connectivity index (χ2v) is 5.67. The Morgan fingerprint density at radius 2 is 1.85 bits per heavy atom. The molecule has 1 aromatic heterocycles. The molecule has 1 atom stereocenters. The van der Waals surface area contributed by atoms with Gasteiger partial charge in [-0.3, -0.25) is 4.68 Å². The van der Waals surface area contributed by atoms with Crippen LogP contribution in [0.25, 0.3) is 0 Å². The molecule has 3 nitrogen and oxygen atoms in total. The van der Waals surface area contributed by atoms with Crippen molar-refractivity contribution in [3.63, 3.8) is 0 Å². The molecule has 2 aromatic rings. The van der Waals surface area contributed by atoms with Gasteiger partial charge in [0.25, 0.3) is 0 Å². The summed E-state index contributed by atoms with van der Waals surface area (Å²) >= 11 is 0. The van der Waals surface area contributed by atoms with Gasteiger partial charge in [0, 0.05) is 25.2 Å². The highest BCUT2D eigenvalue weighted by Gasteiger charge is 2.15. The van der Waals surface area contributed by atoms with Crippen molar-refractivity contribution < 1.29 is 5.11 Å². The smallest absolute Gasteiger partial charge is 0.0863 e. The van der Waals surface area contributed by atoms with Gasteiger partial charge in [0.05, 0.1) is 11.8 Å². The topological polar surface area (TPSA) is 38.0 Å². The van der Waals surface area contributed by atoms with Gasteiger partial charge in [0.1, 0.15) is 0 Å². The van der Waals surface area contributed by atoms with Crippen LogP contribution in [0.5, 0.6) is 0 Å². The molecule has 0 amide bonds. The van der Waals surface area contributed by atoms with Crippen molar-refractivity contribution >= 4 is 0 Å². The minimum absolute atomic E-state index is 0.483. The molecule has 0 radical (unpaired) electrons. The summed E-state index contributed by atoms with van der Waals surface area (Å²) in [6.45, 7) is 6.44. The van der Waals surface area contributed by atoms with E-state index in [9.17, 15) is 5.11 Å². The van der Waals surface area contributed by atoms with E-state index < -0.39 is 6.10 Å². The quantitative estimate of drug-likeness (QED) is 0.906. The summed E-state index contributed by atoms with van der Waals surface area (Å²) in [5.41, 5.74) is 4.42. The van der Waals surface area contributed by atoms with E-state index in [1.165, 1.54) is 5.56 Å². The zero-order valence-electron chi connectivity index (χ0n) is 12.8. The predicted octanol–water partition coefficient (Wildman–Crippen LogP) is 3.38. The van der Waals surface area contributed by atoms with E-state index in [4.69, 9.17) is 0 Å². The third-order valence-electron chi connectivity index (χ3n) is 3.71. The molecule has 1 N–H and O–H groups in total. The summed E-state index contributed by atoms with van der Waals surface area (Å²) in [5, 5.41) is 14.8. The molecule has 2 rings (SSSR count). The summed E-state index contributed by atoms with van der Waals surface area (Å²) < 4.78 is 1.78. The van der Waals surface area contributed by atoms with Gasteiger partial charge >= 0.3 is 0 Å². The predicted molar refractivity (Wildman–Crippen MR) is 81.8 cm³/mol. The van der Waals surface area contributed by atoms with Gasteiger partial charge in [-0.25, -0.2) is 0 Å². The molecule has 1 unspecified atom stereocenters. The maximum absolute atomic E-state index is 10.4. The zero-order valence-corrected chi connectivity index (χ0v) is 12.8. The number of rotatable bonds is 5. The van der Waals surface area contributed by atoms with Crippen LogP contribution in [0.15, 0.2) is 30.5 Å². The number of aliphatic hydroxyl groups excluding tert-OH is 1. The Balaban J connectivity index is 2.12. The van der Waals surface area contributed by atoms with Crippen LogP contribution in [0.4, 0.5) is 0 Å². The second-order valence-electron chi connectivity index (χ2n) is 5.67. The number of hydrogen-bond donors (Lipinski definition) is 1. The van der Waals surface area contributed by atoms with Crippen molar-refractivity contribution in [3.8, 4) is 0 Å². The van der Waals surface area contributed by atoms with Crippen molar-refractivity contribution in [1.29, 1.82) is 0 Å². The number of aromatic nitrogens is 2. The van der Waals surface area contributed by atoms with Crippen LogP contribution >= 0.6 is 0 Å². The van der Waals surface area contributed by atoms with Gasteiger partial charge in [-0.2, -0.15) is 5.10 Å². The molecule has 1 heterocycles. The van der Waals surface area contributed by atoms with Crippen molar-refractivity contribution in [1.82, 2.24) is 9.78 Å². The Morgan fingerprint density at radius 3 is 2.40 bits per heavy atom. The minimum atomic E-state index is -0.483. The van der Waals surface area contributed by atoms with Crippen molar-refractivity contribution in [2.24, 2.45) is 7.05 Å². The van der Waals surface area contributed by atoms with E-state index in [0.29, 0.717) is 12.3 Å². The Kier molecular flexibility index (Phi) is 4.61. The van der Waals surface area contributed by atoms with Crippen LogP contribution in [0.3, 0.4) is 0 Å². The van der Waals surface area contributed by atoms with Crippen molar-refractivity contribution in [2.75, 3.05) is 0 Å². The van der Waals surface area contributed by atoms with Gasteiger partial charge in [-0.1, -0.05) is 45.0 Å². The molecule has 108 valence electrons. The van der Waals surface area contributed by atoms with E-state index in [0.717, 1.165) is 23.2 Å². The third-order valence-corrected chi connectivity index (χ3v) is 3.71. The Bertz CT molecular complexity index is 555. The summed E-state index contributed by atoms with van der Waals surface area (Å²) in [7, 11) is 1.90. The lowest BCUT2D eigenvalue weighted by Crippen LogP contribution is -2.03. The van der Waals surface area contributed by atoms with E-state index in [2.05, 4.69) is 50.1 Å². The first-order chi connectivity index (χ1) is 9.51. The SMILES string of the molecule is CCc1nn(C)cc1C(O)Cc1ccc(C(C)C)cc1. The lowest BCUT2D eigenvalue weighted by molar-refractivity contribution is 0.177. The molecule has 0 aliphatic rings. The molecule has 20 heavy (non-hydrogen) atoms. The summed E-state index contributed by atoms with van der Waals surface area (Å²) in [6, 6.07) is 8.52. The molecule has 0 spiro atoms. The second kappa shape index (κ2) is 6.23. The highest BCUT2D eigenvalue weighted by Crippen LogP contribution is 2.23. The summed E-state index contributed by atoms with van der Waals surface area (Å²) in [4.78, 5) is 0. The van der Waals surface area contributed by atoms with Crippen LogP contribution in [-0.2, 0) is 19.9 Å². The first-order valence-corrected chi connectivity index (χ1v) is 7.30. The summed E-state index contributed by atoms with van der Waals surface area (Å²) in [6.07, 6.45) is 2.92. The number of aryl methyl sites for hydroxylation is 2. The molecule has 1 aromatic carbocycles. The summed E-state index contributed by atoms with van der Waals surface area (Å²) in [5.74, 6) is 0.541. The van der Waals surface area contributed by atoms with E-state index >= 15 is 0 Å². The van der Waals surface area contributed by atoms with E-state index in [1.54, 1.807) is 4.68 Å². The maximum atomic E-state index is 10.4. The lowest BCUT2D eigenvalue weighted by Gasteiger charge is -2.12. The van der Waals surface area contributed by atoms with Crippen molar-refractivity contribution in [3.05, 3.63) is 52.8 Å². The highest BCUT2D eigenvalue weighted by atomic mass is 16.3. The fourth-order valence-electron chi connectivity index (χ4n) is 2.48. The normalized spacial score (nSPS) is 12.9. The maximum Gasteiger partial charge on any atom is 0.0863 e. The molecular weight excluding hydrogens is 248 g/mol. The molecule has 3 heteroatoms. The third kappa shape index (κ3) is 3.28. The van der Waals surface area contributed by atoms with Crippen LogP contribution in [0.2, 0.25) is 0 Å². The van der Waals surface area contributed by atoms with Gasteiger partial charge in [0.15, 0.2) is 0 Å². The number of nitrogens with zero attached hydrogens (tertiary/aromatic N) is 2. The zero-order chi connectivity index (χ0) is 14.7. The molecular formula is C17H24N2O. The molecule has 0 saturated carbocycles. The highest BCUT2D eigenvalue weighted by molar-refractivity contribution is 5.27. The molecule has 0 saturated heterocycles. The Hall–Kier alpha value is -1.61. The molecule has 0 aliphatic heterocycles. The molecule has 0 aliphatic carbocycles. The number of benzene rings is 1. The largest absolute Gasteiger partial charge is 0.388 e. The van der Waals surface area contributed by atoms with E-state index in [-0.39, 0.29) is 0 Å². The van der Waals surface area contributed by atoms with Crippen LogP contribution < -0.4 is 0 Å². The van der Waals surface area contributed by atoms with Crippen molar-refractivity contribution in [2.45, 2.75) is 45.6 Å². The van der Waals surface area contributed by atoms with E-state index in [1.807, 2.05) is 13.2 Å². The standard InChI is InChI=1S/C17H24N2O/c1-5-16-15(11-19(4)18-16)17(20)10-13-6-8-14(9-7-13)12(2)3/h6-9,11-12,17,20H,5,10H2,1-4H3. The fourth-order valence-corrected chi connectivity index (χ4v) is 2.48. The molecule has 0 bridgehead atoms. The lowest BCUT2D eigenvalue weighted by atomic mass is 9.97. The minimum Gasteiger partial charge on any atom is -0.388 e. The van der Waals surface area contributed by atoms with Crippen LogP contribution in [0.1, 0.15) is 55.2 Å². The average molecular weight is 272 g/mol. The Morgan fingerprint density at radius 1 is 1.20 bits per heavy atom. The molecule has 0 fully saturated rings.